The Kier molecular flexibility index (Phi) is 8.07. The number of nitrogens with one attached hydrogen (secondary N) is 1. The molecule has 11 heteroatoms. The van der Waals surface area contributed by atoms with Gasteiger partial charge in [-0.05, 0) is 30.5 Å². The molecule has 1 amide bonds. The Morgan fingerprint density at radius 1 is 1.33 bits per heavy atom. The Morgan fingerprint density at radius 3 is 2.56 bits per heavy atom. The first kappa shape index (κ1) is 22.7. The Labute approximate surface area is 156 Å². The number of carbonyl (C=O) groups is 1. The van der Waals surface area contributed by atoms with E-state index in [0.717, 1.165) is 6.34 Å². The van der Waals surface area contributed by atoms with Crippen molar-refractivity contribution in [3.8, 4) is 5.75 Å². The molecule has 7 nitrogen and oxygen atoms in total. The first-order valence-corrected chi connectivity index (χ1v) is 9.49. The molecule has 0 radical (unpaired) electrons. The minimum atomic E-state index is -4.97. The van der Waals surface area contributed by atoms with Gasteiger partial charge in [0.25, 0.3) is 10.0 Å². The summed E-state index contributed by atoms with van der Waals surface area (Å²) in [7, 11) is -0.859. The van der Waals surface area contributed by atoms with Crippen molar-refractivity contribution in [3.63, 3.8) is 0 Å². The Balaban J connectivity index is 3.05. The first-order chi connectivity index (χ1) is 12.5. The maximum atomic E-state index is 12.5. The number of nitrogens with zero attached hydrogens (tertiary/aromatic N) is 2. The van der Waals surface area contributed by atoms with Crippen molar-refractivity contribution in [3.05, 3.63) is 23.8 Å². The lowest BCUT2D eigenvalue weighted by Gasteiger charge is -2.12. The molecule has 0 saturated carbocycles. The van der Waals surface area contributed by atoms with Gasteiger partial charge in [0.2, 0.25) is 0 Å². The maximum absolute atomic E-state index is 12.5. The van der Waals surface area contributed by atoms with E-state index >= 15 is 0 Å². The molecular formula is C16H22F3N3O4S. The van der Waals surface area contributed by atoms with Gasteiger partial charge in [-0.2, -0.15) is 21.6 Å². The molecule has 27 heavy (non-hydrogen) atoms. The Morgan fingerprint density at radius 2 is 2.00 bits per heavy atom. The van der Waals surface area contributed by atoms with Gasteiger partial charge in [-0.25, -0.2) is 0 Å². The second kappa shape index (κ2) is 9.58. The fraction of sp³-hybridized carbons (Fsp3) is 0.500. The van der Waals surface area contributed by atoms with Crippen LogP contribution in [0.15, 0.2) is 27.5 Å². The summed E-state index contributed by atoms with van der Waals surface area (Å²) >= 11 is 0. The molecule has 0 heterocycles. The molecule has 0 atom stereocenters. The van der Waals surface area contributed by atoms with Crippen LogP contribution in [0.1, 0.15) is 18.9 Å². The predicted molar refractivity (Wildman–Crippen MR) is 94.4 cm³/mol. The molecule has 0 bridgehead atoms. The molecule has 1 rings (SSSR count). The van der Waals surface area contributed by atoms with Gasteiger partial charge in [0.05, 0.1) is 6.61 Å². The van der Waals surface area contributed by atoms with Gasteiger partial charge >= 0.3 is 12.1 Å². The summed E-state index contributed by atoms with van der Waals surface area (Å²) in [6, 6.07) is 4.24. The molecule has 0 fully saturated rings. The molecule has 0 saturated heterocycles. The van der Waals surface area contributed by atoms with Crippen LogP contribution in [0.25, 0.3) is 0 Å². The monoisotopic (exact) mass is 409 g/mol. The van der Waals surface area contributed by atoms with Crippen LogP contribution in [0.3, 0.4) is 0 Å². The highest BCUT2D eigenvalue weighted by Gasteiger charge is 2.38. The number of sulfonamides is 1. The summed E-state index contributed by atoms with van der Waals surface area (Å²) in [5.74, 6) is -1.94. The lowest BCUT2D eigenvalue weighted by Crippen LogP contribution is -2.37. The highest BCUT2D eigenvalue weighted by Crippen LogP contribution is 2.27. The van der Waals surface area contributed by atoms with Gasteiger partial charge in [0.1, 0.15) is 17.0 Å². The normalized spacial score (nSPS) is 12.2. The largest absolute Gasteiger partial charge is 0.492 e. The minimum Gasteiger partial charge on any atom is -0.492 e. The highest BCUT2D eigenvalue weighted by molar-refractivity contribution is 7.90. The van der Waals surface area contributed by atoms with Crippen LogP contribution in [0.4, 0.5) is 13.2 Å². The van der Waals surface area contributed by atoms with Crippen molar-refractivity contribution < 1.29 is 31.1 Å². The van der Waals surface area contributed by atoms with Crippen LogP contribution < -0.4 is 10.1 Å². The van der Waals surface area contributed by atoms with Crippen LogP contribution in [-0.2, 0) is 21.2 Å². The van der Waals surface area contributed by atoms with E-state index in [9.17, 15) is 26.4 Å². The number of alkyl halides is 3. The Bertz CT molecular complexity index is 778. The van der Waals surface area contributed by atoms with Crippen LogP contribution in [-0.4, -0.2) is 59.0 Å². The van der Waals surface area contributed by atoms with E-state index in [2.05, 4.69) is 4.40 Å². The van der Waals surface area contributed by atoms with Crippen LogP contribution in [0.5, 0.6) is 5.75 Å². The van der Waals surface area contributed by atoms with Crippen LogP contribution >= 0.6 is 0 Å². The molecule has 0 unspecified atom stereocenters. The van der Waals surface area contributed by atoms with Gasteiger partial charge in [-0.1, -0.05) is 13.0 Å². The van der Waals surface area contributed by atoms with Gasteiger partial charge in [-0.3, -0.25) is 4.79 Å². The van der Waals surface area contributed by atoms with E-state index in [1.54, 1.807) is 19.4 Å². The third-order valence-corrected chi connectivity index (χ3v) is 4.37. The number of amides is 1. The molecular weight excluding hydrogens is 387 g/mol. The molecule has 152 valence electrons. The SMILES string of the molecule is CCCOc1ccc(CCNC(=O)C(F)(F)F)cc1S(=O)(=O)/N=C/N(C)C. The van der Waals surface area contributed by atoms with Gasteiger partial charge in [0, 0.05) is 20.6 Å². The number of hydrogen-bond acceptors (Lipinski definition) is 4. The smallest absolute Gasteiger partial charge is 0.471 e. The minimum absolute atomic E-state index is 0.00971. The van der Waals surface area contributed by atoms with E-state index in [4.69, 9.17) is 4.74 Å². The number of rotatable bonds is 9. The van der Waals surface area contributed by atoms with Crippen molar-refractivity contribution in [2.75, 3.05) is 27.2 Å². The predicted octanol–water partition coefficient (Wildman–Crippen LogP) is 1.98. The van der Waals surface area contributed by atoms with Gasteiger partial charge in [0.15, 0.2) is 0 Å². The molecule has 0 aromatic heterocycles. The zero-order chi connectivity index (χ0) is 20.7. The summed E-state index contributed by atoms with van der Waals surface area (Å²) in [6.07, 6.45) is -3.18. The molecule has 0 aliphatic rings. The average molecular weight is 409 g/mol. The zero-order valence-corrected chi connectivity index (χ0v) is 16.0. The van der Waals surface area contributed by atoms with E-state index < -0.39 is 22.1 Å². The quantitative estimate of drug-likeness (QED) is 0.498. The van der Waals surface area contributed by atoms with Crippen molar-refractivity contribution in [2.24, 2.45) is 4.40 Å². The number of benzene rings is 1. The third kappa shape index (κ3) is 7.45. The highest BCUT2D eigenvalue weighted by atomic mass is 32.2. The lowest BCUT2D eigenvalue weighted by atomic mass is 10.1. The van der Waals surface area contributed by atoms with E-state index in [-0.39, 0.29) is 23.6 Å². The topological polar surface area (TPSA) is 88.1 Å². The second-order valence-corrected chi connectivity index (χ2v) is 7.39. The first-order valence-electron chi connectivity index (χ1n) is 8.05. The summed E-state index contributed by atoms with van der Waals surface area (Å²) in [6.45, 7) is 1.85. The molecule has 0 spiro atoms. The summed E-state index contributed by atoms with van der Waals surface area (Å²) in [4.78, 5) is 12.1. The summed E-state index contributed by atoms with van der Waals surface area (Å²) in [5, 5.41) is 1.74. The van der Waals surface area contributed by atoms with Crippen molar-refractivity contribution in [2.45, 2.75) is 30.8 Å². The van der Waals surface area contributed by atoms with Crippen molar-refractivity contribution >= 4 is 22.3 Å². The summed E-state index contributed by atoms with van der Waals surface area (Å²) < 4.78 is 70.5. The summed E-state index contributed by atoms with van der Waals surface area (Å²) in [5.41, 5.74) is 0.417. The average Bonchev–Trinajstić information content (AvgIpc) is 2.57. The van der Waals surface area contributed by atoms with E-state index in [1.807, 2.05) is 6.92 Å². The number of carbonyl (C=O) groups excluding carboxylic acids is 1. The molecule has 0 aliphatic carbocycles. The molecule has 0 aliphatic heterocycles. The van der Waals surface area contributed by atoms with E-state index in [0.29, 0.717) is 18.6 Å². The van der Waals surface area contributed by atoms with Crippen LogP contribution in [0.2, 0.25) is 0 Å². The fourth-order valence-electron chi connectivity index (χ4n) is 1.87. The standard InChI is InChI=1S/C16H22F3N3O4S/c1-4-9-26-13-6-5-12(7-8-20-15(23)16(17,18)19)10-14(13)27(24,25)21-11-22(2)3/h5-6,10-11H,4,7-9H2,1-3H3,(H,20,23)/b21-11+. The number of ether oxygens (including phenoxy) is 1. The second-order valence-electron chi connectivity index (χ2n) is 5.79. The number of hydrogen-bond donors (Lipinski definition) is 1. The lowest BCUT2D eigenvalue weighted by molar-refractivity contribution is -0.173. The fourth-order valence-corrected chi connectivity index (χ4v) is 2.98. The molecule has 1 aromatic carbocycles. The van der Waals surface area contributed by atoms with Gasteiger partial charge in [-0.15, -0.1) is 4.40 Å². The van der Waals surface area contributed by atoms with E-state index in [1.165, 1.54) is 23.1 Å². The van der Waals surface area contributed by atoms with Crippen molar-refractivity contribution in [1.29, 1.82) is 0 Å². The number of halogens is 3. The van der Waals surface area contributed by atoms with Crippen molar-refractivity contribution in [1.82, 2.24) is 10.2 Å². The maximum Gasteiger partial charge on any atom is 0.471 e. The molecule has 1 N–H and O–H groups in total. The molecule has 1 aromatic rings. The van der Waals surface area contributed by atoms with Crippen LogP contribution in [0, 0.1) is 0 Å². The zero-order valence-electron chi connectivity index (χ0n) is 15.2. The Hall–Kier alpha value is -2.30. The third-order valence-electron chi connectivity index (χ3n) is 3.12. The van der Waals surface area contributed by atoms with Gasteiger partial charge < -0.3 is 15.0 Å².